The largest absolute Gasteiger partial charge is 0.339 e. The molecule has 1 aliphatic heterocycles. The second-order valence-electron chi connectivity index (χ2n) is 5.34. The zero-order chi connectivity index (χ0) is 13.1. The minimum atomic E-state index is 0.280. The number of rotatable bonds is 5. The topological polar surface area (TPSA) is 51.0 Å². The predicted molar refractivity (Wildman–Crippen MR) is 74.8 cm³/mol. The molecule has 1 saturated heterocycles. The summed E-state index contributed by atoms with van der Waals surface area (Å²) in [5.41, 5.74) is 0. The Morgan fingerprint density at radius 2 is 2.17 bits per heavy atom. The van der Waals surface area contributed by atoms with E-state index in [0.29, 0.717) is 17.2 Å². The van der Waals surface area contributed by atoms with Crippen molar-refractivity contribution in [2.45, 2.75) is 50.8 Å². The van der Waals surface area contributed by atoms with Crippen molar-refractivity contribution in [3.63, 3.8) is 0 Å². The van der Waals surface area contributed by atoms with E-state index < -0.39 is 0 Å². The molecule has 0 aromatic carbocycles. The van der Waals surface area contributed by atoms with E-state index in [1.807, 2.05) is 18.8 Å². The molecule has 5 heteroatoms. The third kappa shape index (κ3) is 2.88. The number of aromatic nitrogens is 2. The standard InChI is InChI=1S/C13H23N3OS/c1-8(2)11(9(3)14-4)13-15-12(16-17-13)10-6-5-7-18-10/h8-11,14H,5-7H2,1-4H3. The lowest BCUT2D eigenvalue weighted by molar-refractivity contribution is 0.284. The van der Waals surface area contributed by atoms with Crippen molar-refractivity contribution in [3.05, 3.63) is 11.7 Å². The van der Waals surface area contributed by atoms with E-state index in [0.717, 1.165) is 11.7 Å². The van der Waals surface area contributed by atoms with Crippen LogP contribution in [-0.4, -0.2) is 29.0 Å². The number of nitrogens with zero attached hydrogens (tertiary/aromatic N) is 2. The number of hydrogen-bond acceptors (Lipinski definition) is 5. The Morgan fingerprint density at radius 1 is 1.39 bits per heavy atom. The van der Waals surface area contributed by atoms with Crippen molar-refractivity contribution in [1.82, 2.24) is 15.5 Å². The molecule has 3 atom stereocenters. The zero-order valence-electron chi connectivity index (χ0n) is 11.6. The number of hydrogen-bond donors (Lipinski definition) is 1. The van der Waals surface area contributed by atoms with Crippen LogP contribution in [0.2, 0.25) is 0 Å². The lowest BCUT2D eigenvalue weighted by Gasteiger charge is -2.23. The fourth-order valence-electron chi connectivity index (χ4n) is 2.55. The second-order valence-corrected chi connectivity index (χ2v) is 6.65. The van der Waals surface area contributed by atoms with Gasteiger partial charge < -0.3 is 9.84 Å². The Labute approximate surface area is 113 Å². The molecule has 1 aromatic rings. The normalized spacial score (nSPS) is 23.5. The maximum absolute atomic E-state index is 5.51. The zero-order valence-corrected chi connectivity index (χ0v) is 12.5. The highest BCUT2D eigenvalue weighted by molar-refractivity contribution is 7.99. The van der Waals surface area contributed by atoms with Gasteiger partial charge in [-0.25, -0.2) is 0 Å². The molecule has 0 radical (unpaired) electrons. The molecule has 0 bridgehead atoms. The first-order valence-corrected chi connectivity index (χ1v) is 7.80. The molecule has 102 valence electrons. The molecule has 1 aliphatic rings. The SMILES string of the molecule is CNC(C)C(c1nc(C2CCCS2)no1)C(C)C. The molecule has 0 saturated carbocycles. The van der Waals surface area contributed by atoms with Crippen molar-refractivity contribution in [3.8, 4) is 0 Å². The summed E-state index contributed by atoms with van der Waals surface area (Å²) in [5, 5.41) is 7.92. The molecular weight excluding hydrogens is 246 g/mol. The highest BCUT2D eigenvalue weighted by Crippen LogP contribution is 2.39. The highest BCUT2D eigenvalue weighted by atomic mass is 32.2. The molecular formula is C13H23N3OS. The first-order chi connectivity index (χ1) is 8.63. The van der Waals surface area contributed by atoms with Gasteiger partial charge in [-0.3, -0.25) is 0 Å². The first-order valence-electron chi connectivity index (χ1n) is 6.75. The van der Waals surface area contributed by atoms with Crippen LogP contribution in [-0.2, 0) is 0 Å². The maximum Gasteiger partial charge on any atom is 0.231 e. The van der Waals surface area contributed by atoms with Crippen LogP contribution < -0.4 is 5.32 Å². The minimum Gasteiger partial charge on any atom is -0.339 e. The summed E-state index contributed by atoms with van der Waals surface area (Å²) in [5.74, 6) is 3.66. The third-order valence-corrected chi connectivity index (χ3v) is 5.05. The molecule has 1 N–H and O–H groups in total. The summed E-state index contributed by atoms with van der Waals surface area (Å²) in [4.78, 5) is 4.64. The fraction of sp³-hybridized carbons (Fsp3) is 0.846. The van der Waals surface area contributed by atoms with E-state index in [1.54, 1.807) is 0 Å². The third-order valence-electron chi connectivity index (χ3n) is 3.67. The molecule has 0 aliphatic carbocycles. The van der Waals surface area contributed by atoms with E-state index in [-0.39, 0.29) is 5.92 Å². The first kappa shape index (κ1) is 13.9. The van der Waals surface area contributed by atoms with Gasteiger partial charge in [-0.05, 0) is 38.5 Å². The van der Waals surface area contributed by atoms with Crippen LogP contribution in [0.15, 0.2) is 4.52 Å². The summed E-state index contributed by atoms with van der Waals surface area (Å²) in [6.45, 7) is 6.57. The van der Waals surface area contributed by atoms with Gasteiger partial charge in [-0.2, -0.15) is 16.7 Å². The van der Waals surface area contributed by atoms with Crippen molar-refractivity contribution in [2.75, 3.05) is 12.8 Å². The summed E-state index contributed by atoms with van der Waals surface area (Å²) in [7, 11) is 1.98. The average molecular weight is 269 g/mol. The molecule has 1 fully saturated rings. The number of nitrogens with one attached hydrogen (secondary N) is 1. The molecule has 1 aromatic heterocycles. The summed E-state index contributed by atoms with van der Waals surface area (Å²) >= 11 is 1.94. The van der Waals surface area contributed by atoms with Gasteiger partial charge in [0, 0.05) is 6.04 Å². The lowest BCUT2D eigenvalue weighted by Crippen LogP contribution is -2.32. The molecule has 0 amide bonds. The van der Waals surface area contributed by atoms with Gasteiger partial charge in [-0.15, -0.1) is 0 Å². The van der Waals surface area contributed by atoms with E-state index in [4.69, 9.17) is 4.52 Å². The highest BCUT2D eigenvalue weighted by Gasteiger charge is 2.30. The monoisotopic (exact) mass is 269 g/mol. The van der Waals surface area contributed by atoms with Crippen LogP contribution >= 0.6 is 11.8 Å². The van der Waals surface area contributed by atoms with Crippen LogP contribution in [0.1, 0.15) is 56.5 Å². The molecule has 2 rings (SSSR count). The van der Waals surface area contributed by atoms with Crippen molar-refractivity contribution in [2.24, 2.45) is 5.92 Å². The number of thioether (sulfide) groups is 1. The average Bonchev–Trinajstić information content (AvgIpc) is 2.98. The fourth-order valence-corrected chi connectivity index (χ4v) is 3.75. The maximum atomic E-state index is 5.51. The Bertz CT molecular complexity index is 374. The van der Waals surface area contributed by atoms with Crippen molar-refractivity contribution >= 4 is 11.8 Å². The van der Waals surface area contributed by atoms with Gasteiger partial charge in [0.05, 0.1) is 11.2 Å². The second kappa shape index (κ2) is 6.06. The van der Waals surface area contributed by atoms with Crippen LogP contribution in [0.4, 0.5) is 0 Å². The Kier molecular flexibility index (Phi) is 4.67. The van der Waals surface area contributed by atoms with E-state index >= 15 is 0 Å². The van der Waals surface area contributed by atoms with E-state index in [1.165, 1.54) is 18.6 Å². The van der Waals surface area contributed by atoms with Crippen LogP contribution in [0.25, 0.3) is 0 Å². The summed E-state index contributed by atoms with van der Waals surface area (Å²) in [6.07, 6.45) is 2.44. The van der Waals surface area contributed by atoms with E-state index in [2.05, 4.69) is 36.2 Å². The molecule has 0 spiro atoms. The smallest absolute Gasteiger partial charge is 0.231 e. The van der Waals surface area contributed by atoms with E-state index in [9.17, 15) is 0 Å². The summed E-state index contributed by atoms with van der Waals surface area (Å²) in [6, 6.07) is 0.342. The van der Waals surface area contributed by atoms with Gasteiger partial charge in [0.25, 0.3) is 0 Å². The van der Waals surface area contributed by atoms with Gasteiger partial charge in [0.2, 0.25) is 5.89 Å². The number of likely N-dealkylation sites (N-methyl/N-ethyl adjacent to an activating group) is 1. The van der Waals surface area contributed by atoms with Gasteiger partial charge in [0.15, 0.2) is 5.82 Å². The van der Waals surface area contributed by atoms with Gasteiger partial charge >= 0.3 is 0 Å². The predicted octanol–water partition coefficient (Wildman–Crippen LogP) is 2.99. The Hall–Kier alpha value is -0.550. The van der Waals surface area contributed by atoms with Crippen LogP contribution in [0.3, 0.4) is 0 Å². The molecule has 3 unspecified atom stereocenters. The van der Waals surface area contributed by atoms with Crippen molar-refractivity contribution in [1.29, 1.82) is 0 Å². The Balaban J connectivity index is 2.15. The molecule has 2 heterocycles. The molecule has 18 heavy (non-hydrogen) atoms. The summed E-state index contributed by atoms with van der Waals surface area (Å²) < 4.78 is 5.51. The van der Waals surface area contributed by atoms with Crippen LogP contribution in [0, 0.1) is 5.92 Å². The van der Waals surface area contributed by atoms with Gasteiger partial charge in [0.1, 0.15) is 0 Å². The van der Waals surface area contributed by atoms with Crippen LogP contribution in [0.5, 0.6) is 0 Å². The lowest BCUT2D eigenvalue weighted by atomic mass is 9.89. The molecule has 4 nitrogen and oxygen atoms in total. The van der Waals surface area contributed by atoms with Crippen molar-refractivity contribution < 1.29 is 4.52 Å². The quantitative estimate of drug-likeness (QED) is 0.890. The Morgan fingerprint density at radius 3 is 2.72 bits per heavy atom. The van der Waals surface area contributed by atoms with Gasteiger partial charge in [-0.1, -0.05) is 19.0 Å². The minimum absolute atomic E-state index is 0.280.